The average molecular weight is 239 g/mol. The van der Waals surface area contributed by atoms with Crippen molar-refractivity contribution in [2.24, 2.45) is 0 Å². The van der Waals surface area contributed by atoms with Gasteiger partial charge in [-0.3, -0.25) is 0 Å². The molecule has 0 aromatic heterocycles. The molecule has 0 radical (unpaired) electrons. The number of rotatable bonds is 7. The fraction of sp³-hybridized carbons (Fsp3) is 0.571. The summed E-state index contributed by atoms with van der Waals surface area (Å²) < 4.78 is 18.2. The number of hydrogen-bond donors (Lipinski definition) is 1. The highest BCUT2D eigenvalue weighted by Gasteiger charge is 2.14. The predicted octanol–water partition coefficient (Wildman–Crippen LogP) is 3.29. The maximum atomic E-state index is 12.9. The summed E-state index contributed by atoms with van der Waals surface area (Å²) in [4.78, 5) is 0. The molecule has 1 aromatic rings. The summed E-state index contributed by atoms with van der Waals surface area (Å²) in [5.74, 6) is -0.192. The Morgan fingerprint density at radius 1 is 1.29 bits per heavy atom. The van der Waals surface area contributed by atoms with E-state index in [-0.39, 0.29) is 18.0 Å². The quantitative estimate of drug-likeness (QED) is 0.788. The Labute approximate surface area is 103 Å². The largest absolute Gasteiger partial charge is 0.382 e. The van der Waals surface area contributed by atoms with Crippen LogP contribution in [0.15, 0.2) is 24.3 Å². The number of benzene rings is 1. The Hall–Kier alpha value is -0.930. The summed E-state index contributed by atoms with van der Waals surface area (Å²) in [5, 5.41) is 3.47. The molecule has 2 nitrogen and oxygen atoms in total. The molecule has 17 heavy (non-hydrogen) atoms. The first-order chi connectivity index (χ1) is 8.17. The number of halogens is 1. The van der Waals surface area contributed by atoms with Crippen molar-refractivity contribution in [1.29, 1.82) is 0 Å². The van der Waals surface area contributed by atoms with Crippen LogP contribution in [0.3, 0.4) is 0 Å². The zero-order valence-electron chi connectivity index (χ0n) is 10.9. The van der Waals surface area contributed by atoms with Crippen molar-refractivity contribution in [3.8, 4) is 0 Å². The zero-order valence-corrected chi connectivity index (χ0v) is 10.9. The third-order valence-corrected chi connectivity index (χ3v) is 2.88. The molecule has 0 amide bonds. The number of ether oxygens (including phenoxy) is 1. The van der Waals surface area contributed by atoms with Gasteiger partial charge in [-0.25, -0.2) is 4.39 Å². The summed E-state index contributed by atoms with van der Waals surface area (Å²) in [6.07, 6.45) is 2.16. The van der Waals surface area contributed by atoms with Crippen LogP contribution in [-0.4, -0.2) is 19.8 Å². The first-order valence-electron chi connectivity index (χ1n) is 6.19. The lowest BCUT2D eigenvalue weighted by atomic mass is 10.0. The van der Waals surface area contributed by atoms with Crippen molar-refractivity contribution in [1.82, 2.24) is 5.32 Å². The first-order valence-corrected chi connectivity index (χ1v) is 6.19. The van der Waals surface area contributed by atoms with E-state index in [1.54, 1.807) is 7.11 Å². The van der Waals surface area contributed by atoms with Gasteiger partial charge in [-0.2, -0.15) is 0 Å². The minimum Gasteiger partial charge on any atom is -0.382 e. The van der Waals surface area contributed by atoms with E-state index >= 15 is 0 Å². The van der Waals surface area contributed by atoms with Gasteiger partial charge in [0, 0.05) is 13.2 Å². The second-order valence-corrected chi connectivity index (χ2v) is 4.34. The highest BCUT2D eigenvalue weighted by atomic mass is 19.1. The summed E-state index contributed by atoms with van der Waals surface area (Å²) in [5.41, 5.74) is 1.11. The average Bonchev–Trinajstić information content (AvgIpc) is 2.35. The molecule has 0 aliphatic heterocycles. The van der Waals surface area contributed by atoms with Crippen LogP contribution in [-0.2, 0) is 4.74 Å². The van der Waals surface area contributed by atoms with Gasteiger partial charge in [0.1, 0.15) is 5.82 Å². The number of methoxy groups -OCH3 is 1. The van der Waals surface area contributed by atoms with Gasteiger partial charge in [0.25, 0.3) is 0 Å². The lowest BCUT2D eigenvalue weighted by Crippen LogP contribution is -2.26. The Morgan fingerprint density at radius 2 is 1.94 bits per heavy atom. The van der Waals surface area contributed by atoms with Gasteiger partial charge in [-0.1, -0.05) is 19.1 Å². The Balaban J connectivity index is 2.70. The van der Waals surface area contributed by atoms with Crippen LogP contribution in [0.5, 0.6) is 0 Å². The Bertz CT molecular complexity index is 313. The minimum atomic E-state index is -0.192. The molecule has 2 unspecified atom stereocenters. The topological polar surface area (TPSA) is 21.3 Å². The molecule has 1 rings (SSSR count). The second kappa shape index (κ2) is 7.41. The van der Waals surface area contributed by atoms with Gasteiger partial charge in [-0.05, 0) is 44.0 Å². The van der Waals surface area contributed by atoms with Gasteiger partial charge in [0.05, 0.1) is 6.10 Å². The highest BCUT2D eigenvalue weighted by Crippen LogP contribution is 2.20. The highest BCUT2D eigenvalue weighted by molar-refractivity contribution is 5.20. The molecular weight excluding hydrogens is 217 g/mol. The summed E-state index contributed by atoms with van der Waals surface area (Å²) >= 11 is 0. The van der Waals surface area contributed by atoms with Crippen molar-refractivity contribution in [3.63, 3.8) is 0 Å². The van der Waals surface area contributed by atoms with E-state index in [4.69, 9.17) is 4.74 Å². The first kappa shape index (κ1) is 14.1. The van der Waals surface area contributed by atoms with Crippen molar-refractivity contribution in [2.45, 2.75) is 38.8 Å². The van der Waals surface area contributed by atoms with Crippen LogP contribution < -0.4 is 5.32 Å². The SMILES string of the molecule is CCCNC(CC(C)OC)c1ccc(F)cc1. The van der Waals surface area contributed by atoms with Crippen LogP contribution in [0.25, 0.3) is 0 Å². The van der Waals surface area contributed by atoms with Crippen LogP contribution in [0.2, 0.25) is 0 Å². The van der Waals surface area contributed by atoms with Crippen molar-refractivity contribution in [3.05, 3.63) is 35.6 Å². The monoisotopic (exact) mass is 239 g/mol. The van der Waals surface area contributed by atoms with Crippen molar-refractivity contribution >= 4 is 0 Å². The Morgan fingerprint density at radius 3 is 2.47 bits per heavy atom. The van der Waals surface area contributed by atoms with Gasteiger partial charge in [0.15, 0.2) is 0 Å². The van der Waals surface area contributed by atoms with Crippen LogP contribution in [0.1, 0.15) is 38.3 Å². The van der Waals surface area contributed by atoms with E-state index in [1.165, 1.54) is 12.1 Å². The van der Waals surface area contributed by atoms with E-state index < -0.39 is 0 Å². The van der Waals surface area contributed by atoms with E-state index in [2.05, 4.69) is 12.2 Å². The van der Waals surface area contributed by atoms with Gasteiger partial charge >= 0.3 is 0 Å². The lowest BCUT2D eigenvalue weighted by molar-refractivity contribution is 0.100. The molecule has 1 aromatic carbocycles. The van der Waals surface area contributed by atoms with E-state index in [1.807, 2.05) is 19.1 Å². The zero-order chi connectivity index (χ0) is 12.7. The standard InChI is InChI=1S/C14H22FNO/c1-4-9-16-14(10-11(2)17-3)12-5-7-13(15)8-6-12/h5-8,11,14,16H,4,9-10H2,1-3H3. The molecule has 0 saturated heterocycles. The molecule has 0 aliphatic rings. The molecule has 0 heterocycles. The molecule has 0 saturated carbocycles. The maximum Gasteiger partial charge on any atom is 0.123 e. The van der Waals surface area contributed by atoms with E-state index in [0.29, 0.717) is 0 Å². The smallest absolute Gasteiger partial charge is 0.123 e. The second-order valence-electron chi connectivity index (χ2n) is 4.34. The predicted molar refractivity (Wildman–Crippen MR) is 68.5 cm³/mol. The fourth-order valence-electron chi connectivity index (χ4n) is 1.78. The maximum absolute atomic E-state index is 12.9. The number of nitrogens with one attached hydrogen (secondary N) is 1. The molecule has 2 atom stereocenters. The normalized spacial score (nSPS) is 14.6. The molecule has 0 bridgehead atoms. The van der Waals surface area contributed by atoms with E-state index in [9.17, 15) is 4.39 Å². The summed E-state index contributed by atoms with van der Waals surface area (Å²) in [6, 6.07) is 6.92. The van der Waals surface area contributed by atoms with Crippen LogP contribution in [0.4, 0.5) is 4.39 Å². The lowest BCUT2D eigenvalue weighted by Gasteiger charge is -2.22. The third-order valence-electron chi connectivity index (χ3n) is 2.88. The minimum absolute atomic E-state index is 0.189. The summed E-state index contributed by atoms with van der Waals surface area (Å²) in [6.45, 7) is 5.14. The third kappa shape index (κ3) is 4.84. The van der Waals surface area contributed by atoms with Crippen molar-refractivity contribution < 1.29 is 9.13 Å². The molecular formula is C14H22FNO. The van der Waals surface area contributed by atoms with Gasteiger partial charge in [-0.15, -0.1) is 0 Å². The Kier molecular flexibility index (Phi) is 6.16. The fourth-order valence-corrected chi connectivity index (χ4v) is 1.78. The van der Waals surface area contributed by atoms with Gasteiger partial charge in [0.2, 0.25) is 0 Å². The molecule has 0 aliphatic carbocycles. The molecule has 0 spiro atoms. The van der Waals surface area contributed by atoms with Crippen LogP contribution >= 0.6 is 0 Å². The van der Waals surface area contributed by atoms with Crippen LogP contribution in [0, 0.1) is 5.82 Å². The van der Waals surface area contributed by atoms with Gasteiger partial charge < -0.3 is 10.1 Å². The summed E-state index contributed by atoms with van der Waals surface area (Å²) in [7, 11) is 1.71. The molecule has 0 fully saturated rings. The molecule has 1 N–H and O–H groups in total. The molecule has 96 valence electrons. The van der Waals surface area contributed by atoms with Crippen molar-refractivity contribution in [2.75, 3.05) is 13.7 Å². The molecule has 3 heteroatoms. The van der Waals surface area contributed by atoms with E-state index in [0.717, 1.165) is 24.9 Å². The number of hydrogen-bond acceptors (Lipinski definition) is 2.